The van der Waals surface area contributed by atoms with E-state index in [4.69, 9.17) is 0 Å². The lowest BCUT2D eigenvalue weighted by molar-refractivity contribution is 0.530. The lowest BCUT2D eigenvalue weighted by Crippen LogP contribution is -2.21. The van der Waals surface area contributed by atoms with Crippen molar-refractivity contribution in [2.75, 3.05) is 6.54 Å². The first-order valence-electron chi connectivity index (χ1n) is 5.81. The Hall–Kier alpha value is -0.120. The number of nitrogens with one attached hydrogen (secondary N) is 1. The van der Waals surface area contributed by atoms with Gasteiger partial charge in [0, 0.05) is 20.8 Å². The van der Waals surface area contributed by atoms with Gasteiger partial charge in [0.15, 0.2) is 0 Å². The molecule has 0 fully saturated rings. The van der Waals surface area contributed by atoms with Gasteiger partial charge in [0.1, 0.15) is 0 Å². The fourth-order valence-corrected chi connectivity index (χ4v) is 3.06. The minimum absolute atomic E-state index is 0.434. The SMILES string of the molecule is C=C(CC)CC(NCCC)c1cc(Br)cs1. The van der Waals surface area contributed by atoms with Crippen LogP contribution in [-0.2, 0) is 0 Å². The minimum Gasteiger partial charge on any atom is -0.309 e. The molecule has 1 aromatic heterocycles. The second kappa shape index (κ2) is 7.25. The highest BCUT2D eigenvalue weighted by Gasteiger charge is 2.13. The highest BCUT2D eigenvalue weighted by Crippen LogP contribution is 2.29. The van der Waals surface area contributed by atoms with Crippen molar-refractivity contribution in [1.29, 1.82) is 0 Å². The molecule has 1 atom stereocenters. The number of hydrogen-bond acceptors (Lipinski definition) is 2. The molecule has 1 rings (SSSR count). The van der Waals surface area contributed by atoms with Crippen molar-refractivity contribution in [2.45, 2.75) is 39.2 Å². The van der Waals surface area contributed by atoms with Crippen LogP contribution in [-0.4, -0.2) is 6.54 Å². The van der Waals surface area contributed by atoms with E-state index in [1.54, 1.807) is 0 Å². The molecular weight excluding hydrogens is 282 g/mol. The molecule has 3 heteroatoms. The zero-order valence-electron chi connectivity index (χ0n) is 10.1. The van der Waals surface area contributed by atoms with Crippen molar-refractivity contribution in [2.24, 2.45) is 0 Å². The van der Waals surface area contributed by atoms with Gasteiger partial charge in [-0.25, -0.2) is 0 Å². The van der Waals surface area contributed by atoms with Crippen molar-refractivity contribution >= 4 is 27.3 Å². The van der Waals surface area contributed by atoms with Crippen molar-refractivity contribution < 1.29 is 0 Å². The number of halogens is 1. The standard InChI is InChI=1S/C13H20BrNS/c1-4-6-15-12(7-10(3)5-2)13-8-11(14)9-16-13/h8-9,12,15H,3-7H2,1-2H3. The van der Waals surface area contributed by atoms with E-state index in [9.17, 15) is 0 Å². The van der Waals surface area contributed by atoms with Gasteiger partial charge in [0.05, 0.1) is 0 Å². The van der Waals surface area contributed by atoms with E-state index >= 15 is 0 Å². The van der Waals surface area contributed by atoms with Crippen LogP contribution < -0.4 is 5.32 Å². The molecule has 1 heterocycles. The van der Waals surface area contributed by atoms with Gasteiger partial charge in [-0.3, -0.25) is 0 Å². The third-order valence-electron chi connectivity index (χ3n) is 2.56. The van der Waals surface area contributed by atoms with Crippen molar-refractivity contribution in [3.63, 3.8) is 0 Å². The first-order valence-corrected chi connectivity index (χ1v) is 7.48. The number of thiophene rings is 1. The summed E-state index contributed by atoms with van der Waals surface area (Å²) in [6.45, 7) is 9.54. The maximum Gasteiger partial charge on any atom is 0.0452 e. The van der Waals surface area contributed by atoms with Crippen LogP contribution in [0, 0.1) is 0 Å². The van der Waals surface area contributed by atoms with E-state index < -0.39 is 0 Å². The summed E-state index contributed by atoms with van der Waals surface area (Å²) in [5.41, 5.74) is 1.32. The van der Waals surface area contributed by atoms with E-state index in [2.05, 4.69) is 53.1 Å². The molecule has 0 aromatic carbocycles. The molecule has 0 spiro atoms. The first kappa shape index (κ1) is 13.9. The quantitative estimate of drug-likeness (QED) is 0.706. The summed E-state index contributed by atoms with van der Waals surface area (Å²) in [5, 5.41) is 5.74. The van der Waals surface area contributed by atoms with Crippen molar-refractivity contribution in [1.82, 2.24) is 5.32 Å². The lowest BCUT2D eigenvalue weighted by atomic mass is 10.0. The predicted octanol–water partition coefficient (Wildman–Crippen LogP) is 4.91. The van der Waals surface area contributed by atoms with Crippen LogP contribution in [0.15, 0.2) is 28.1 Å². The Bertz CT molecular complexity index is 332. The van der Waals surface area contributed by atoms with Crippen LogP contribution in [0.4, 0.5) is 0 Å². The van der Waals surface area contributed by atoms with Crippen LogP contribution in [0.2, 0.25) is 0 Å². The molecule has 0 radical (unpaired) electrons. The summed E-state index contributed by atoms with van der Waals surface area (Å²) in [7, 11) is 0. The third kappa shape index (κ3) is 4.40. The Morgan fingerprint density at radius 3 is 2.81 bits per heavy atom. The zero-order chi connectivity index (χ0) is 12.0. The topological polar surface area (TPSA) is 12.0 Å². The van der Waals surface area contributed by atoms with Crippen molar-refractivity contribution in [3.05, 3.63) is 32.9 Å². The smallest absolute Gasteiger partial charge is 0.0452 e. The molecule has 0 aliphatic rings. The van der Waals surface area contributed by atoms with Gasteiger partial charge >= 0.3 is 0 Å². The lowest BCUT2D eigenvalue weighted by Gasteiger charge is -2.17. The predicted molar refractivity (Wildman–Crippen MR) is 77.1 cm³/mol. The molecule has 1 aromatic rings. The van der Waals surface area contributed by atoms with Gasteiger partial charge in [0.25, 0.3) is 0 Å². The molecule has 1 nitrogen and oxygen atoms in total. The molecule has 1 unspecified atom stereocenters. The van der Waals surface area contributed by atoms with Gasteiger partial charge < -0.3 is 5.32 Å². The monoisotopic (exact) mass is 301 g/mol. The maximum absolute atomic E-state index is 4.11. The average molecular weight is 302 g/mol. The summed E-state index contributed by atoms with van der Waals surface area (Å²) in [4.78, 5) is 1.40. The molecule has 0 amide bonds. The average Bonchev–Trinajstić information content (AvgIpc) is 2.70. The Labute approximate surface area is 111 Å². The van der Waals surface area contributed by atoms with Gasteiger partial charge in [-0.2, -0.15) is 0 Å². The van der Waals surface area contributed by atoms with Gasteiger partial charge in [0.2, 0.25) is 0 Å². The normalized spacial score (nSPS) is 12.7. The van der Waals surface area contributed by atoms with E-state index in [0.29, 0.717) is 6.04 Å². The Kier molecular flexibility index (Phi) is 6.32. The van der Waals surface area contributed by atoms with Crippen LogP contribution in [0.3, 0.4) is 0 Å². The Balaban J connectivity index is 2.66. The highest BCUT2D eigenvalue weighted by atomic mass is 79.9. The number of hydrogen-bond donors (Lipinski definition) is 1. The Morgan fingerprint density at radius 2 is 2.31 bits per heavy atom. The molecule has 0 aliphatic carbocycles. The molecule has 16 heavy (non-hydrogen) atoms. The molecule has 1 N–H and O–H groups in total. The summed E-state index contributed by atoms with van der Waals surface area (Å²) in [6.07, 6.45) is 3.28. The van der Waals surface area contributed by atoms with Crippen LogP contribution in [0.25, 0.3) is 0 Å². The molecular formula is C13H20BrNS. The fourth-order valence-electron chi connectivity index (χ4n) is 1.54. The van der Waals surface area contributed by atoms with Gasteiger partial charge in [-0.15, -0.1) is 11.3 Å². The fraction of sp³-hybridized carbons (Fsp3) is 0.538. The highest BCUT2D eigenvalue weighted by molar-refractivity contribution is 9.10. The van der Waals surface area contributed by atoms with E-state index in [1.807, 2.05) is 11.3 Å². The summed E-state index contributed by atoms with van der Waals surface area (Å²) in [5.74, 6) is 0. The third-order valence-corrected chi connectivity index (χ3v) is 4.37. The summed E-state index contributed by atoms with van der Waals surface area (Å²) >= 11 is 5.32. The summed E-state index contributed by atoms with van der Waals surface area (Å²) in [6, 6.07) is 2.64. The first-order chi connectivity index (χ1) is 7.67. The van der Waals surface area contributed by atoms with E-state index in [1.165, 1.54) is 21.3 Å². The largest absolute Gasteiger partial charge is 0.309 e. The molecule has 0 aliphatic heterocycles. The van der Waals surface area contributed by atoms with E-state index in [0.717, 1.165) is 19.4 Å². The second-order valence-corrected chi connectivity index (χ2v) is 5.84. The summed E-state index contributed by atoms with van der Waals surface area (Å²) < 4.78 is 1.18. The van der Waals surface area contributed by atoms with Gasteiger partial charge in [-0.05, 0) is 47.8 Å². The zero-order valence-corrected chi connectivity index (χ0v) is 12.5. The van der Waals surface area contributed by atoms with Crippen LogP contribution in [0.1, 0.15) is 44.0 Å². The van der Waals surface area contributed by atoms with Crippen LogP contribution in [0.5, 0.6) is 0 Å². The van der Waals surface area contributed by atoms with Crippen LogP contribution >= 0.6 is 27.3 Å². The molecule has 0 saturated carbocycles. The molecule has 0 bridgehead atoms. The number of rotatable bonds is 7. The molecule has 90 valence electrons. The maximum atomic E-state index is 4.11. The minimum atomic E-state index is 0.434. The second-order valence-electron chi connectivity index (χ2n) is 3.98. The Morgan fingerprint density at radius 1 is 1.56 bits per heavy atom. The van der Waals surface area contributed by atoms with Crippen molar-refractivity contribution in [3.8, 4) is 0 Å². The molecule has 0 saturated heterocycles. The van der Waals surface area contributed by atoms with E-state index in [-0.39, 0.29) is 0 Å². The van der Waals surface area contributed by atoms with Gasteiger partial charge in [-0.1, -0.05) is 26.0 Å².